The normalized spacial score (nSPS) is 36.0. The number of nitrogens with one attached hydrogen (secondary N) is 2. The molecule has 3 unspecified atom stereocenters. The largest absolute Gasteiger partial charge is 0.395 e. The Hall–Kier alpha value is -0.540. The molecule has 0 bridgehead atoms. The first kappa shape index (κ1) is 16.5. The van der Waals surface area contributed by atoms with Gasteiger partial charge in [-0.05, 0) is 0 Å². The Balaban J connectivity index is 2.92. The van der Waals surface area contributed by atoms with Crippen LogP contribution in [0.2, 0.25) is 0 Å². The van der Waals surface area contributed by atoms with Gasteiger partial charge in [-0.3, -0.25) is 9.36 Å². The van der Waals surface area contributed by atoms with E-state index in [1.807, 2.05) is 0 Å². The summed E-state index contributed by atoms with van der Waals surface area (Å²) in [7, 11) is -4.39. The van der Waals surface area contributed by atoms with Crippen LogP contribution in [0.15, 0.2) is 0 Å². The van der Waals surface area contributed by atoms with Gasteiger partial charge in [0.2, 0.25) is 5.91 Å². The van der Waals surface area contributed by atoms with Crippen molar-refractivity contribution in [2.24, 2.45) is 0 Å². The minimum Gasteiger partial charge on any atom is -0.395 e. The van der Waals surface area contributed by atoms with E-state index in [1.54, 1.807) is 0 Å². The van der Waals surface area contributed by atoms with E-state index in [-0.39, 0.29) is 0 Å². The predicted octanol–water partition coefficient (Wildman–Crippen LogP) is -3.28. The van der Waals surface area contributed by atoms with Crippen LogP contribution in [0.5, 0.6) is 0 Å². The molecular formula is C9H19N2O7P. The fourth-order valence-electron chi connectivity index (χ4n) is 2.17. The van der Waals surface area contributed by atoms with Crippen molar-refractivity contribution in [3.8, 4) is 0 Å². The average molecular weight is 298 g/mol. The van der Waals surface area contributed by atoms with E-state index in [2.05, 4.69) is 10.6 Å². The molecule has 0 aliphatic carbocycles. The van der Waals surface area contributed by atoms with Crippen LogP contribution < -0.4 is 10.6 Å². The van der Waals surface area contributed by atoms with Gasteiger partial charge in [-0.15, -0.1) is 0 Å². The summed E-state index contributed by atoms with van der Waals surface area (Å²) in [6, 6.07) is -2.93. The quantitative estimate of drug-likeness (QED) is 0.266. The second-order valence-corrected chi connectivity index (χ2v) is 6.31. The van der Waals surface area contributed by atoms with Gasteiger partial charge >= 0.3 is 7.60 Å². The summed E-state index contributed by atoms with van der Waals surface area (Å²) < 4.78 is 11.0. The van der Waals surface area contributed by atoms with Gasteiger partial charge in [0.1, 0.15) is 6.10 Å². The van der Waals surface area contributed by atoms with Crippen LogP contribution in [-0.2, 0) is 9.36 Å². The number of hydrogen-bond acceptors (Lipinski definition) is 6. The lowest BCUT2D eigenvalue weighted by Crippen LogP contribution is -2.70. The van der Waals surface area contributed by atoms with Crippen molar-refractivity contribution in [2.75, 3.05) is 12.8 Å². The predicted molar refractivity (Wildman–Crippen MR) is 64.3 cm³/mol. The van der Waals surface area contributed by atoms with Gasteiger partial charge in [0.05, 0.1) is 31.0 Å². The fourth-order valence-corrected chi connectivity index (χ4v) is 3.01. The molecule has 112 valence electrons. The fraction of sp³-hybridized carbons (Fsp3) is 0.889. The molecule has 1 saturated heterocycles. The van der Waals surface area contributed by atoms with E-state index in [9.17, 15) is 19.6 Å². The molecule has 0 aromatic heterocycles. The van der Waals surface area contributed by atoms with Crippen molar-refractivity contribution >= 4 is 13.5 Å². The molecule has 0 saturated carbocycles. The zero-order valence-corrected chi connectivity index (χ0v) is 11.2. The lowest BCUT2D eigenvalue weighted by atomic mass is 9.89. The molecule has 1 aliphatic rings. The first-order chi connectivity index (χ1) is 8.65. The van der Waals surface area contributed by atoms with Gasteiger partial charge in [0.25, 0.3) is 0 Å². The van der Waals surface area contributed by atoms with E-state index >= 15 is 0 Å². The molecule has 1 amide bonds. The Bertz CT molecular complexity index is 374. The van der Waals surface area contributed by atoms with Crippen LogP contribution in [0, 0.1) is 0 Å². The monoisotopic (exact) mass is 298 g/mol. The summed E-state index contributed by atoms with van der Waals surface area (Å²) in [5.41, 5.74) is 0. The standard InChI is InChI=1S/C9H19N2O7P/c1-4(13)10-7-6(3-19(16,17)18)11-5(2-12)8(14)9(7)15/h5-9,11-12,14-15H,2-3H2,1H3,(H,10,13)(H2,16,17,18)/t5?,6-,7?,8-,9?/m1/s1. The second kappa shape index (κ2) is 6.27. The number of carbonyl (C=O) groups excluding carboxylic acids is 1. The van der Waals surface area contributed by atoms with Crippen molar-refractivity contribution in [3.05, 3.63) is 0 Å². The first-order valence-corrected chi connectivity index (χ1v) is 7.50. The molecule has 1 heterocycles. The molecule has 1 rings (SSSR count). The smallest absolute Gasteiger partial charge is 0.327 e. The maximum absolute atomic E-state index is 11.1. The lowest BCUT2D eigenvalue weighted by molar-refractivity contribution is -0.124. The Kier molecular flexibility index (Phi) is 5.45. The Morgan fingerprint density at radius 3 is 2.26 bits per heavy atom. The number of amides is 1. The highest BCUT2D eigenvalue weighted by molar-refractivity contribution is 7.51. The highest BCUT2D eigenvalue weighted by Crippen LogP contribution is 2.37. The number of piperidine rings is 1. The summed E-state index contributed by atoms with van der Waals surface area (Å²) in [5, 5.41) is 33.6. The minimum absolute atomic E-state index is 0.504. The van der Waals surface area contributed by atoms with E-state index in [0.29, 0.717) is 0 Å². The minimum atomic E-state index is -4.39. The molecule has 7 N–H and O–H groups in total. The van der Waals surface area contributed by atoms with Crippen LogP contribution in [0.4, 0.5) is 0 Å². The number of rotatable bonds is 4. The Morgan fingerprint density at radius 1 is 1.26 bits per heavy atom. The van der Waals surface area contributed by atoms with Gasteiger partial charge < -0.3 is 35.7 Å². The molecule has 0 radical (unpaired) electrons. The SMILES string of the molecule is CC(=O)NC1C(O)[C@H](O)C(CO)N[C@@H]1CP(=O)(O)O. The van der Waals surface area contributed by atoms with Gasteiger partial charge in [0.15, 0.2) is 0 Å². The summed E-state index contributed by atoms with van der Waals surface area (Å²) in [4.78, 5) is 29.0. The van der Waals surface area contributed by atoms with Crippen LogP contribution in [0.25, 0.3) is 0 Å². The molecule has 5 atom stereocenters. The van der Waals surface area contributed by atoms with Crippen molar-refractivity contribution < 1.29 is 34.5 Å². The molecule has 19 heavy (non-hydrogen) atoms. The Labute approximate surface area is 109 Å². The first-order valence-electron chi connectivity index (χ1n) is 5.70. The summed E-state index contributed by atoms with van der Waals surface area (Å²) in [6.45, 7) is 0.675. The van der Waals surface area contributed by atoms with E-state index in [1.165, 1.54) is 6.92 Å². The third-order valence-electron chi connectivity index (χ3n) is 2.99. The maximum atomic E-state index is 11.1. The summed E-state index contributed by atoms with van der Waals surface area (Å²) in [6.07, 6.45) is -3.41. The molecule has 1 aliphatic heterocycles. The molecule has 9 nitrogen and oxygen atoms in total. The molecular weight excluding hydrogens is 279 g/mol. The zero-order valence-electron chi connectivity index (χ0n) is 10.3. The van der Waals surface area contributed by atoms with Crippen LogP contribution in [0.3, 0.4) is 0 Å². The van der Waals surface area contributed by atoms with Gasteiger partial charge in [-0.25, -0.2) is 0 Å². The number of aliphatic hydroxyl groups excluding tert-OH is 3. The van der Waals surface area contributed by atoms with E-state index < -0.39 is 56.6 Å². The van der Waals surface area contributed by atoms with Gasteiger partial charge in [0, 0.05) is 13.0 Å². The zero-order chi connectivity index (χ0) is 14.8. The topological polar surface area (TPSA) is 159 Å². The maximum Gasteiger partial charge on any atom is 0.327 e. The van der Waals surface area contributed by atoms with E-state index in [4.69, 9.17) is 14.9 Å². The van der Waals surface area contributed by atoms with Crippen molar-refractivity contribution in [2.45, 2.75) is 37.3 Å². The highest BCUT2D eigenvalue weighted by Gasteiger charge is 2.45. The van der Waals surface area contributed by atoms with Gasteiger partial charge in [-0.2, -0.15) is 0 Å². The molecule has 10 heteroatoms. The third kappa shape index (κ3) is 4.50. The molecule has 0 aromatic rings. The number of aliphatic hydroxyl groups is 3. The average Bonchev–Trinajstić information content (AvgIpc) is 2.26. The third-order valence-corrected chi connectivity index (χ3v) is 3.86. The lowest BCUT2D eigenvalue weighted by Gasteiger charge is -2.43. The van der Waals surface area contributed by atoms with E-state index in [0.717, 1.165) is 0 Å². The van der Waals surface area contributed by atoms with Crippen molar-refractivity contribution in [1.29, 1.82) is 0 Å². The summed E-state index contributed by atoms with van der Waals surface area (Å²) >= 11 is 0. The van der Waals surface area contributed by atoms with Crippen LogP contribution >= 0.6 is 7.60 Å². The highest BCUT2D eigenvalue weighted by atomic mass is 31.2. The molecule has 0 spiro atoms. The molecule has 1 fully saturated rings. The Morgan fingerprint density at radius 2 is 1.84 bits per heavy atom. The van der Waals surface area contributed by atoms with Crippen LogP contribution in [-0.4, -0.2) is 74.1 Å². The van der Waals surface area contributed by atoms with Gasteiger partial charge in [-0.1, -0.05) is 0 Å². The summed E-state index contributed by atoms with van der Waals surface area (Å²) in [5.74, 6) is -0.504. The number of carbonyl (C=O) groups is 1. The van der Waals surface area contributed by atoms with Crippen LogP contribution in [0.1, 0.15) is 6.92 Å². The second-order valence-electron chi connectivity index (χ2n) is 4.62. The van der Waals surface area contributed by atoms with Crippen molar-refractivity contribution in [3.63, 3.8) is 0 Å². The number of hydrogen-bond donors (Lipinski definition) is 7. The van der Waals surface area contributed by atoms with Crippen molar-refractivity contribution in [1.82, 2.24) is 10.6 Å². The molecule has 0 aromatic carbocycles.